The van der Waals surface area contributed by atoms with Gasteiger partial charge in [0.2, 0.25) is 0 Å². The molecule has 4 nitrogen and oxygen atoms in total. The minimum Gasteiger partial charge on any atom is -0.361 e. The van der Waals surface area contributed by atoms with Crippen LogP contribution in [0.2, 0.25) is 0 Å². The molecule has 0 unspecified atom stereocenters. The molecule has 0 fully saturated rings. The Labute approximate surface area is 155 Å². The SMILES string of the molecule is C/C=C/CCNC(=NC)NCCc1c[nH]c2c(C)cccc12.I. The molecular formula is C18H27IN4. The molecule has 2 aromatic rings. The van der Waals surface area contributed by atoms with Crippen molar-refractivity contribution in [3.63, 3.8) is 0 Å². The van der Waals surface area contributed by atoms with Crippen LogP contribution >= 0.6 is 24.0 Å². The lowest BCUT2D eigenvalue weighted by Gasteiger charge is -2.10. The quantitative estimate of drug-likeness (QED) is 0.217. The van der Waals surface area contributed by atoms with Crippen LogP contribution in [0.3, 0.4) is 0 Å². The van der Waals surface area contributed by atoms with Gasteiger partial charge in [0, 0.05) is 37.2 Å². The molecule has 0 amide bonds. The average molecular weight is 426 g/mol. The van der Waals surface area contributed by atoms with Crippen LogP contribution in [0.1, 0.15) is 24.5 Å². The number of guanidine groups is 1. The number of aromatic nitrogens is 1. The lowest BCUT2D eigenvalue weighted by molar-refractivity contribution is 0.793. The molecule has 1 aromatic carbocycles. The van der Waals surface area contributed by atoms with Crippen molar-refractivity contribution in [3.05, 3.63) is 47.7 Å². The molecule has 0 aliphatic rings. The highest BCUT2D eigenvalue weighted by Crippen LogP contribution is 2.21. The Morgan fingerprint density at radius 2 is 2.04 bits per heavy atom. The van der Waals surface area contributed by atoms with Crippen LogP contribution in [0.4, 0.5) is 0 Å². The van der Waals surface area contributed by atoms with Crippen molar-refractivity contribution in [3.8, 4) is 0 Å². The topological polar surface area (TPSA) is 52.2 Å². The number of fused-ring (bicyclic) bond motifs is 1. The molecule has 3 N–H and O–H groups in total. The highest BCUT2D eigenvalue weighted by atomic mass is 127. The molecule has 126 valence electrons. The number of H-pyrrole nitrogens is 1. The van der Waals surface area contributed by atoms with E-state index in [2.05, 4.69) is 64.1 Å². The smallest absolute Gasteiger partial charge is 0.190 e. The molecule has 5 heteroatoms. The molecule has 23 heavy (non-hydrogen) atoms. The predicted octanol–water partition coefficient (Wildman–Crippen LogP) is 3.77. The van der Waals surface area contributed by atoms with Gasteiger partial charge in [-0.05, 0) is 37.8 Å². The summed E-state index contributed by atoms with van der Waals surface area (Å²) in [6.45, 7) is 5.94. The van der Waals surface area contributed by atoms with Crippen molar-refractivity contribution >= 4 is 40.8 Å². The second-order valence-corrected chi connectivity index (χ2v) is 5.34. The van der Waals surface area contributed by atoms with Gasteiger partial charge in [0.05, 0.1) is 0 Å². The highest BCUT2D eigenvalue weighted by Gasteiger charge is 2.05. The average Bonchev–Trinajstić information content (AvgIpc) is 2.94. The molecule has 0 atom stereocenters. The minimum absolute atomic E-state index is 0. The number of para-hydroxylation sites is 1. The minimum atomic E-state index is 0. The van der Waals surface area contributed by atoms with Crippen molar-refractivity contribution < 1.29 is 0 Å². The standard InChI is InChI=1S/C18H26N4.HI/c1-4-5-6-11-20-18(19-3)21-12-10-15-13-22-17-14(2)8-7-9-16(15)17;/h4-5,7-9,13,22H,6,10-12H2,1-3H3,(H2,19,20,21);1H/b5-4+;. The van der Waals surface area contributed by atoms with Crippen LogP contribution in [-0.2, 0) is 6.42 Å². The number of halogens is 1. The molecule has 0 aliphatic heterocycles. The molecule has 0 aliphatic carbocycles. The fourth-order valence-corrected chi connectivity index (χ4v) is 2.55. The van der Waals surface area contributed by atoms with Crippen LogP contribution < -0.4 is 10.6 Å². The summed E-state index contributed by atoms with van der Waals surface area (Å²) in [5, 5.41) is 7.99. The fourth-order valence-electron chi connectivity index (χ4n) is 2.55. The Hall–Kier alpha value is -1.50. The highest BCUT2D eigenvalue weighted by molar-refractivity contribution is 14.0. The molecular weight excluding hydrogens is 399 g/mol. The van der Waals surface area contributed by atoms with Gasteiger partial charge in [-0.25, -0.2) is 0 Å². The number of nitrogens with zero attached hydrogens (tertiary/aromatic N) is 1. The fraction of sp³-hybridized carbons (Fsp3) is 0.389. The van der Waals surface area contributed by atoms with Crippen molar-refractivity contribution in [1.29, 1.82) is 0 Å². The van der Waals surface area contributed by atoms with Gasteiger partial charge < -0.3 is 15.6 Å². The maximum atomic E-state index is 4.24. The number of benzene rings is 1. The zero-order chi connectivity index (χ0) is 15.8. The van der Waals surface area contributed by atoms with Gasteiger partial charge >= 0.3 is 0 Å². The summed E-state index contributed by atoms with van der Waals surface area (Å²) in [5.41, 5.74) is 3.88. The number of nitrogens with one attached hydrogen (secondary N) is 3. The van der Waals surface area contributed by atoms with Crippen molar-refractivity contribution in [2.45, 2.75) is 26.7 Å². The number of rotatable bonds is 6. The van der Waals surface area contributed by atoms with E-state index in [9.17, 15) is 0 Å². The zero-order valence-electron chi connectivity index (χ0n) is 14.1. The lowest BCUT2D eigenvalue weighted by atomic mass is 10.1. The molecule has 0 radical (unpaired) electrons. The van der Waals surface area contributed by atoms with Gasteiger partial charge in [-0.3, -0.25) is 4.99 Å². The first-order valence-electron chi connectivity index (χ1n) is 7.87. The lowest BCUT2D eigenvalue weighted by Crippen LogP contribution is -2.38. The Kier molecular flexibility index (Phi) is 8.76. The van der Waals surface area contributed by atoms with E-state index >= 15 is 0 Å². The van der Waals surface area contributed by atoms with Gasteiger partial charge in [0.25, 0.3) is 0 Å². The first-order chi connectivity index (χ1) is 10.8. The van der Waals surface area contributed by atoms with Crippen molar-refractivity contribution in [2.24, 2.45) is 4.99 Å². The number of allylic oxidation sites excluding steroid dienone is 1. The summed E-state index contributed by atoms with van der Waals surface area (Å²) in [5.74, 6) is 0.862. The summed E-state index contributed by atoms with van der Waals surface area (Å²) in [6, 6.07) is 6.43. The number of aromatic amines is 1. The zero-order valence-corrected chi connectivity index (χ0v) is 16.5. The first kappa shape index (κ1) is 19.5. The van der Waals surface area contributed by atoms with Gasteiger partial charge in [0.15, 0.2) is 5.96 Å². The van der Waals surface area contributed by atoms with E-state index in [1.807, 2.05) is 6.92 Å². The van der Waals surface area contributed by atoms with Gasteiger partial charge in [-0.2, -0.15) is 0 Å². The van der Waals surface area contributed by atoms with E-state index in [0.29, 0.717) is 0 Å². The maximum Gasteiger partial charge on any atom is 0.190 e. The van der Waals surface area contributed by atoms with E-state index in [1.54, 1.807) is 7.05 Å². The third kappa shape index (κ3) is 5.57. The number of hydrogen-bond acceptors (Lipinski definition) is 1. The number of aliphatic imine (C=N–C) groups is 1. The number of hydrogen-bond donors (Lipinski definition) is 3. The molecule has 0 bridgehead atoms. The Morgan fingerprint density at radius 3 is 2.78 bits per heavy atom. The second-order valence-electron chi connectivity index (χ2n) is 5.34. The molecule has 0 saturated heterocycles. The second kappa shape index (κ2) is 10.3. The summed E-state index contributed by atoms with van der Waals surface area (Å²) >= 11 is 0. The summed E-state index contributed by atoms with van der Waals surface area (Å²) in [7, 11) is 1.81. The van der Waals surface area contributed by atoms with E-state index in [0.717, 1.165) is 31.9 Å². The van der Waals surface area contributed by atoms with Crippen LogP contribution in [0, 0.1) is 6.92 Å². The maximum absolute atomic E-state index is 4.24. The summed E-state index contributed by atoms with van der Waals surface area (Å²) in [4.78, 5) is 7.62. The van der Waals surface area contributed by atoms with Crippen LogP contribution in [0.25, 0.3) is 10.9 Å². The van der Waals surface area contributed by atoms with Crippen molar-refractivity contribution in [2.75, 3.05) is 20.1 Å². The van der Waals surface area contributed by atoms with E-state index in [4.69, 9.17) is 0 Å². The Bertz CT molecular complexity index is 658. The van der Waals surface area contributed by atoms with E-state index in [-0.39, 0.29) is 24.0 Å². The Balaban J connectivity index is 0.00000264. The van der Waals surface area contributed by atoms with Crippen LogP contribution in [-0.4, -0.2) is 31.1 Å². The van der Waals surface area contributed by atoms with Crippen molar-refractivity contribution in [1.82, 2.24) is 15.6 Å². The van der Waals surface area contributed by atoms with Gasteiger partial charge in [0.1, 0.15) is 0 Å². The third-order valence-electron chi connectivity index (χ3n) is 3.76. The summed E-state index contributed by atoms with van der Waals surface area (Å²) < 4.78 is 0. The first-order valence-corrected chi connectivity index (χ1v) is 7.87. The molecule has 0 spiro atoms. The molecule has 1 aromatic heterocycles. The molecule has 2 rings (SSSR count). The molecule has 1 heterocycles. The van der Waals surface area contributed by atoms with E-state index < -0.39 is 0 Å². The number of aryl methyl sites for hydroxylation is 1. The Morgan fingerprint density at radius 1 is 1.26 bits per heavy atom. The van der Waals surface area contributed by atoms with Gasteiger partial charge in [-0.1, -0.05) is 30.4 Å². The largest absolute Gasteiger partial charge is 0.361 e. The van der Waals surface area contributed by atoms with Crippen LogP contribution in [0.15, 0.2) is 41.5 Å². The third-order valence-corrected chi connectivity index (χ3v) is 3.76. The molecule has 0 saturated carbocycles. The summed E-state index contributed by atoms with van der Waals surface area (Å²) in [6.07, 6.45) is 8.31. The van der Waals surface area contributed by atoms with Crippen LogP contribution in [0.5, 0.6) is 0 Å². The monoisotopic (exact) mass is 426 g/mol. The normalized spacial score (nSPS) is 11.7. The van der Waals surface area contributed by atoms with Gasteiger partial charge in [-0.15, -0.1) is 24.0 Å². The predicted molar refractivity (Wildman–Crippen MR) is 111 cm³/mol. The van der Waals surface area contributed by atoms with E-state index in [1.165, 1.54) is 22.0 Å².